The molecule has 2 heterocycles. The summed E-state index contributed by atoms with van der Waals surface area (Å²) >= 11 is 6.74. The van der Waals surface area contributed by atoms with Gasteiger partial charge in [0.25, 0.3) is 0 Å². The number of aliphatic imine (C=N–C) groups is 1. The first-order chi connectivity index (χ1) is 20.2. The van der Waals surface area contributed by atoms with E-state index in [9.17, 15) is 19.5 Å². The molecule has 2 aromatic carbocycles. The van der Waals surface area contributed by atoms with Gasteiger partial charge in [0.05, 0.1) is 10.5 Å². The van der Waals surface area contributed by atoms with Crippen LogP contribution in [0.15, 0.2) is 53.7 Å². The number of aliphatic hydroxyl groups excluding tert-OH is 1. The van der Waals surface area contributed by atoms with Crippen LogP contribution >= 0.6 is 11.6 Å². The number of rotatable bonds is 9. The molecule has 2 aliphatic rings. The summed E-state index contributed by atoms with van der Waals surface area (Å²) < 4.78 is 25.0. The fourth-order valence-corrected chi connectivity index (χ4v) is 5.84. The van der Waals surface area contributed by atoms with Gasteiger partial charge in [-0.15, -0.1) is 0 Å². The second kappa shape index (κ2) is 12.6. The van der Waals surface area contributed by atoms with Gasteiger partial charge in [-0.3, -0.25) is 19.4 Å². The van der Waals surface area contributed by atoms with E-state index in [2.05, 4.69) is 29.3 Å². The number of carbonyl (C=O) groups is 3. The minimum atomic E-state index is -1.25. The molecule has 0 radical (unpaired) electrons. The lowest BCUT2D eigenvalue weighted by Crippen LogP contribution is -2.59. The molecule has 5 rings (SSSR count). The molecule has 1 N–H and O–H groups in total. The topological polar surface area (TPSA) is 126 Å². The highest BCUT2D eigenvalue weighted by molar-refractivity contribution is 6.35. The van der Waals surface area contributed by atoms with Gasteiger partial charge in [-0.25, -0.2) is 0 Å². The number of fused-ring (bicyclic) bond motifs is 1. The van der Waals surface area contributed by atoms with Gasteiger partial charge in [-0.2, -0.15) is 0 Å². The van der Waals surface area contributed by atoms with E-state index in [1.807, 2.05) is 12.3 Å². The zero-order chi connectivity index (χ0) is 30.0. The van der Waals surface area contributed by atoms with Gasteiger partial charge in [0.2, 0.25) is 0 Å². The summed E-state index contributed by atoms with van der Waals surface area (Å²) in [5.41, 5.74) is 4.04. The van der Waals surface area contributed by atoms with E-state index in [4.69, 9.17) is 30.5 Å². The van der Waals surface area contributed by atoms with Crippen molar-refractivity contribution in [2.75, 3.05) is 6.73 Å². The largest absolute Gasteiger partial charge is 0.455 e. The molecule has 0 spiro atoms. The lowest BCUT2D eigenvalue weighted by atomic mass is 9.97. The van der Waals surface area contributed by atoms with E-state index >= 15 is 0 Å². The molecule has 1 saturated heterocycles. The van der Waals surface area contributed by atoms with E-state index in [-0.39, 0.29) is 0 Å². The third-order valence-electron chi connectivity index (χ3n) is 7.37. The number of aromatic nitrogens is 1. The van der Waals surface area contributed by atoms with Crippen molar-refractivity contribution >= 4 is 46.6 Å². The number of halogens is 1. The van der Waals surface area contributed by atoms with Crippen molar-refractivity contribution in [2.45, 2.75) is 76.6 Å². The molecule has 5 atom stereocenters. The monoisotopic (exact) mass is 596 g/mol. The van der Waals surface area contributed by atoms with Crippen LogP contribution in [-0.2, 0) is 39.8 Å². The lowest BCUT2D eigenvalue weighted by Gasteiger charge is -2.44. The number of esters is 3. The molecule has 10 nitrogen and oxygen atoms in total. The Morgan fingerprint density at radius 3 is 2.24 bits per heavy atom. The van der Waals surface area contributed by atoms with Crippen molar-refractivity contribution in [3.8, 4) is 0 Å². The Morgan fingerprint density at radius 2 is 1.62 bits per heavy atom. The summed E-state index contributed by atoms with van der Waals surface area (Å²) in [6, 6.07) is 14.0. The Labute approximate surface area is 248 Å². The number of ether oxygens (including phenoxy) is 4. The zero-order valence-electron chi connectivity index (χ0n) is 23.6. The average Bonchev–Trinajstić information content (AvgIpc) is 3.72. The maximum Gasteiger partial charge on any atom is 0.303 e. The summed E-state index contributed by atoms with van der Waals surface area (Å²) in [7, 11) is 0. The molecule has 1 aromatic heterocycles. The Bertz CT molecular complexity index is 1500. The molecule has 222 valence electrons. The van der Waals surface area contributed by atoms with Crippen molar-refractivity contribution in [3.05, 3.63) is 70.4 Å². The number of carbonyl (C=O) groups excluding carboxylic acids is 3. The molecule has 42 heavy (non-hydrogen) atoms. The fourth-order valence-electron chi connectivity index (χ4n) is 5.55. The molecule has 1 aliphatic carbocycles. The Hall–Kier alpha value is -3.73. The molecule has 1 saturated carbocycles. The molecular weight excluding hydrogens is 564 g/mol. The Morgan fingerprint density at radius 1 is 0.976 bits per heavy atom. The van der Waals surface area contributed by atoms with Gasteiger partial charge < -0.3 is 28.6 Å². The minimum Gasteiger partial charge on any atom is -0.455 e. The van der Waals surface area contributed by atoms with Gasteiger partial charge in [0.1, 0.15) is 12.8 Å². The molecule has 0 unspecified atom stereocenters. The van der Waals surface area contributed by atoms with Crippen LogP contribution in [0.25, 0.3) is 10.9 Å². The molecule has 2 fully saturated rings. The number of aliphatic hydroxyl groups is 1. The van der Waals surface area contributed by atoms with Crippen LogP contribution < -0.4 is 0 Å². The third kappa shape index (κ3) is 6.51. The molecule has 11 heteroatoms. The van der Waals surface area contributed by atoms with Crippen LogP contribution in [0.3, 0.4) is 0 Å². The summed E-state index contributed by atoms with van der Waals surface area (Å²) in [5, 5.41) is 10.7. The second-order valence-electron chi connectivity index (χ2n) is 10.6. The minimum absolute atomic E-state index is 0.531. The molecule has 0 amide bonds. The molecule has 1 aliphatic heterocycles. The summed E-state index contributed by atoms with van der Waals surface area (Å²) in [6.07, 6.45) is 0.400. The van der Waals surface area contributed by atoms with Crippen molar-refractivity contribution in [1.82, 2.24) is 4.57 Å². The van der Waals surface area contributed by atoms with E-state index in [0.717, 1.165) is 16.5 Å². The quantitative estimate of drug-likeness (QED) is 0.218. The first kappa shape index (κ1) is 29.8. The van der Waals surface area contributed by atoms with Crippen LogP contribution in [0.4, 0.5) is 0 Å². The predicted octanol–water partition coefficient (Wildman–Crippen LogP) is 4.48. The highest BCUT2D eigenvalue weighted by atomic mass is 35.5. The first-order valence-electron chi connectivity index (χ1n) is 13.8. The fraction of sp³-hybridized carbons (Fsp3) is 0.419. The molecular formula is C31H33ClN2O8. The van der Waals surface area contributed by atoms with Crippen LogP contribution in [0.1, 0.15) is 62.4 Å². The van der Waals surface area contributed by atoms with Crippen LogP contribution in [-0.4, -0.2) is 64.9 Å². The van der Waals surface area contributed by atoms with Crippen molar-refractivity contribution in [2.24, 2.45) is 4.99 Å². The first-order valence-corrected chi connectivity index (χ1v) is 14.2. The highest BCUT2D eigenvalue weighted by Gasteiger charge is 2.52. The molecule has 0 bridgehead atoms. The van der Waals surface area contributed by atoms with Gasteiger partial charge in [-0.05, 0) is 54.0 Å². The van der Waals surface area contributed by atoms with Gasteiger partial charge in [-0.1, -0.05) is 41.9 Å². The lowest BCUT2D eigenvalue weighted by molar-refractivity contribution is -0.249. The van der Waals surface area contributed by atoms with Gasteiger partial charge in [0.15, 0.2) is 24.5 Å². The van der Waals surface area contributed by atoms with Gasteiger partial charge >= 0.3 is 17.9 Å². The maximum absolute atomic E-state index is 12.3. The summed E-state index contributed by atoms with van der Waals surface area (Å²) in [6.45, 7) is 3.08. The van der Waals surface area contributed by atoms with Gasteiger partial charge in [0, 0.05) is 38.6 Å². The number of hydrogen-bond donors (Lipinski definition) is 1. The molecule has 3 aromatic rings. The summed E-state index contributed by atoms with van der Waals surface area (Å²) in [5.74, 6) is -1.35. The second-order valence-corrected chi connectivity index (χ2v) is 11.0. The Kier molecular flexibility index (Phi) is 8.96. The predicted molar refractivity (Wildman–Crippen MR) is 154 cm³/mol. The summed E-state index contributed by atoms with van der Waals surface area (Å²) in [4.78, 5) is 40.5. The van der Waals surface area contributed by atoms with Crippen LogP contribution in [0.2, 0.25) is 5.02 Å². The van der Waals surface area contributed by atoms with E-state index in [1.54, 1.807) is 16.7 Å². The highest BCUT2D eigenvalue weighted by Crippen LogP contribution is 2.41. The number of benzene rings is 2. The maximum atomic E-state index is 12.3. The Balaban J connectivity index is 1.61. The van der Waals surface area contributed by atoms with Crippen molar-refractivity contribution in [3.63, 3.8) is 0 Å². The van der Waals surface area contributed by atoms with Crippen molar-refractivity contribution < 1.29 is 38.4 Å². The zero-order valence-corrected chi connectivity index (χ0v) is 24.3. The number of nitrogens with zero attached hydrogens (tertiary/aromatic N) is 2. The smallest absolute Gasteiger partial charge is 0.303 e. The number of hydrogen-bond acceptors (Lipinski definition) is 9. The van der Waals surface area contributed by atoms with Crippen LogP contribution in [0.5, 0.6) is 0 Å². The normalized spacial score (nSPS) is 24.1. The van der Waals surface area contributed by atoms with E-state index in [1.165, 1.54) is 45.4 Å². The average molecular weight is 597 g/mol. The SMILES string of the molecule is CC(=O)O[C@@H]1[C@@H](OC(C)=O)[C@H](n2cc(Cc3ccc(C4CC4)cc3)c3c(Cl)cccc32)O[C@H](/C=N/CO)[C@H]1OC(C)=O. The third-order valence-corrected chi connectivity index (χ3v) is 7.69. The standard InChI is InChI=1S/C31H33ClN2O8/c1-17(36)39-28-26(14-33-16-35)42-31(30(41-19(3)38)29(28)40-18(2)37)34-15-23(27-24(32)5-4-6-25(27)34)13-20-7-9-21(10-8-20)22-11-12-22/h4-10,14-15,22,26,28-31,35H,11-13,16H2,1-3H3/b33-14+/t26-,28-,29+,30-,31-/m1/s1. The van der Waals surface area contributed by atoms with E-state index < -0.39 is 55.3 Å². The van der Waals surface area contributed by atoms with Crippen LogP contribution in [0, 0.1) is 0 Å². The van der Waals surface area contributed by atoms with Crippen molar-refractivity contribution in [1.29, 1.82) is 0 Å². The van der Waals surface area contributed by atoms with E-state index in [0.29, 0.717) is 22.9 Å².